The topological polar surface area (TPSA) is 60.4 Å². The maximum absolute atomic E-state index is 9.45. The molecule has 0 fully saturated rings. The SMILES string of the molecule is O=CCC(O)=C[O-]. The normalized spacial score (nSPS) is 11.1. The molecule has 1 N–H and O–H groups in total. The summed E-state index contributed by atoms with van der Waals surface area (Å²) in [7, 11) is 0. The summed E-state index contributed by atoms with van der Waals surface area (Å²) in [6.07, 6.45) is 0.529. The zero-order valence-electron chi connectivity index (χ0n) is 3.63. The number of carbonyl (C=O) groups is 1. The molecule has 0 heterocycles. The fourth-order valence-electron chi connectivity index (χ4n) is 0.133. The van der Waals surface area contributed by atoms with Crippen molar-refractivity contribution in [3.05, 3.63) is 12.0 Å². The number of aliphatic hydroxyl groups excluding tert-OH is 1. The minimum absolute atomic E-state index is 0.177. The van der Waals surface area contributed by atoms with Crippen molar-refractivity contribution in [2.75, 3.05) is 0 Å². The Balaban J connectivity index is 3.36. The smallest absolute Gasteiger partial charge is 0.127 e. The van der Waals surface area contributed by atoms with E-state index in [4.69, 9.17) is 5.11 Å². The van der Waals surface area contributed by atoms with Gasteiger partial charge in [-0.2, -0.15) is 0 Å². The number of aldehydes is 1. The Kier molecular flexibility index (Phi) is 2.76. The molecular weight excluding hydrogens is 96.0 g/mol. The van der Waals surface area contributed by atoms with E-state index < -0.39 is 5.76 Å². The van der Waals surface area contributed by atoms with Crippen molar-refractivity contribution in [2.24, 2.45) is 0 Å². The summed E-state index contributed by atoms with van der Waals surface area (Å²) in [5, 5.41) is 17.6. The van der Waals surface area contributed by atoms with E-state index in [0.717, 1.165) is 0 Å². The molecule has 0 atom stereocenters. The van der Waals surface area contributed by atoms with Gasteiger partial charge in [-0.1, -0.05) is 0 Å². The van der Waals surface area contributed by atoms with Crippen LogP contribution in [0.5, 0.6) is 0 Å². The fourth-order valence-corrected chi connectivity index (χ4v) is 0.133. The third-order valence-electron chi connectivity index (χ3n) is 0.429. The fraction of sp³-hybridized carbons (Fsp3) is 0.250. The number of rotatable bonds is 2. The van der Waals surface area contributed by atoms with Gasteiger partial charge >= 0.3 is 0 Å². The van der Waals surface area contributed by atoms with Crippen LogP contribution in [0.4, 0.5) is 0 Å². The molecule has 0 unspecified atom stereocenters. The molecule has 0 saturated heterocycles. The van der Waals surface area contributed by atoms with Crippen LogP contribution in [-0.2, 0) is 4.79 Å². The molecule has 0 aliphatic heterocycles. The van der Waals surface area contributed by atoms with Gasteiger partial charge in [0.15, 0.2) is 0 Å². The van der Waals surface area contributed by atoms with Gasteiger partial charge in [-0.05, 0) is 0 Å². The number of aliphatic hydroxyl groups is 1. The predicted molar refractivity (Wildman–Crippen MR) is 21.4 cm³/mol. The third-order valence-corrected chi connectivity index (χ3v) is 0.429. The molecule has 0 aliphatic rings. The summed E-state index contributed by atoms with van der Waals surface area (Å²) >= 11 is 0. The molecule has 0 aromatic carbocycles. The largest absolute Gasteiger partial charge is 0.876 e. The lowest BCUT2D eigenvalue weighted by Gasteiger charge is -1.92. The van der Waals surface area contributed by atoms with Crippen molar-refractivity contribution in [1.29, 1.82) is 0 Å². The second-order valence-electron chi connectivity index (χ2n) is 0.980. The summed E-state index contributed by atoms with van der Waals surface area (Å²) in [6.45, 7) is 0. The Hall–Kier alpha value is -0.990. The molecule has 0 aromatic heterocycles. The Labute approximate surface area is 40.9 Å². The number of carbonyl (C=O) groups excluding carboxylic acids is 1. The molecule has 7 heavy (non-hydrogen) atoms. The minimum atomic E-state index is -0.421. The zero-order chi connectivity index (χ0) is 5.70. The summed E-state index contributed by atoms with van der Waals surface area (Å²) in [4.78, 5) is 9.43. The number of hydrogen-bond donors (Lipinski definition) is 1. The van der Waals surface area contributed by atoms with Crippen LogP contribution < -0.4 is 5.11 Å². The van der Waals surface area contributed by atoms with Gasteiger partial charge in [0.2, 0.25) is 0 Å². The summed E-state index contributed by atoms with van der Waals surface area (Å²) in [5.41, 5.74) is 0. The average molecular weight is 101 g/mol. The van der Waals surface area contributed by atoms with Gasteiger partial charge in [0, 0.05) is 0 Å². The van der Waals surface area contributed by atoms with Crippen LogP contribution in [0.15, 0.2) is 12.0 Å². The molecule has 0 aromatic rings. The summed E-state index contributed by atoms with van der Waals surface area (Å²) in [6, 6.07) is 0. The molecule has 0 bridgehead atoms. The van der Waals surface area contributed by atoms with Gasteiger partial charge in [-0.3, -0.25) is 0 Å². The highest BCUT2D eigenvalue weighted by Crippen LogP contribution is 1.85. The Bertz CT molecular complexity index is 84.9. The van der Waals surface area contributed by atoms with Crippen LogP contribution in [0.25, 0.3) is 0 Å². The van der Waals surface area contributed by atoms with Crippen molar-refractivity contribution in [3.8, 4) is 0 Å². The first kappa shape index (κ1) is 6.01. The minimum Gasteiger partial charge on any atom is -0.876 e. The Morgan fingerprint density at radius 3 is 2.57 bits per heavy atom. The van der Waals surface area contributed by atoms with Crippen LogP contribution in [-0.4, -0.2) is 11.4 Å². The highest BCUT2D eigenvalue weighted by molar-refractivity contribution is 5.52. The van der Waals surface area contributed by atoms with E-state index in [1.165, 1.54) is 0 Å². The van der Waals surface area contributed by atoms with Crippen LogP contribution in [0.1, 0.15) is 6.42 Å². The lowest BCUT2D eigenvalue weighted by Crippen LogP contribution is -1.92. The molecule has 0 saturated carbocycles. The van der Waals surface area contributed by atoms with Crippen LogP contribution in [0.3, 0.4) is 0 Å². The number of hydrogen-bond acceptors (Lipinski definition) is 3. The first-order valence-corrected chi connectivity index (χ1v) is 1.75. The molecule has 0 radical (unpaired) electrons. The van der Waals surface area contributed by atoms with Crippen LogP contribution >= 0.6 is 0 Å². The van der Waals surface area contributed by atoms with Crippen molar-refractivity contribution >= 4 is 6.29 Å². The Morgan fingerprint density at radius 1 is 1.86 bits per heavy atom. The second kappa shape index (κ2) is 3.21. The monoisotopic (exact) mass is 101 g/mol. The maximum atomic E-state index is 9.45. The molecule has 0 aliphatic carbocycles. The van der Waals surface area contributed by atoms with E-state index in [9.17, 15) is 9.90 Å². The second-order valence-corrected chi connectivity index (χ2v) is 0.980. The van der Waals surface area contributed by atoms with Gasteiger partial charge in [0.1, 0.15) is 6.29 Å². The van der Waals surface area contributed by atoms with Crippen molar-refractivity contribution in [3.63, 3.8) is 0 Å². The molecule has 3 nitrogen and oxygen atoms in total. The van der Waals surface area contributed by atoms with E-state index >= 15 is 0 Å². The summed E-state index contributed by atoms with van der Waals surface area (Å²) in [5.74, 6) is -0.421. The van der Waals surface area contributed by atoms with Gasteiger partial charge in [0.05, 0.1) is 12.2 Å². The van der Waals surface area contributed by atoms with Gasteiger partial charge in [-0.15, -0.1) is 6.26 Å². The maximum Gasteiger partial charge on any atom is 0.127 e. The third kappa shape index (κ3) is 2.82. The highest BCUT2D eigenvalue weighted by Gasteiger charge is 1.80. The van der Waals surface area contributed by atoms with Crippen LogP contribution in [0, 0.1) is 0 Å². The van der Waals surface area contributed by atoms with E-state index in [2.05, 4.69) is 0 Å². The van der Waals surface area contributed by atoms with E-state index in [1.54, 1.807) is 0 Å². The van der Waals surface area contributed by atoms with Crippen molar-refractivity contribution in [1.82, 2.24) is 0 Å². The van der Waals surface area contributed by atoms with Crippen molar-refractivity contribution < 1.29 is 15.0 Å². The van der Waals surface area contributed by atoms with Gasteiger partial charge in [0.25, 0.3) is 0 Å². The highest BCUT2D eigenvalue weighted by atomic mass is 16.3. The quantitative estimate of drug-likeness (QED) is 0.371. The van der Waals surface area contributed by atoms with E-state index in [1.807, 2.05) is 0 Å². The molecule has 0 spiro atoms. The molecule has 0 rings (SSSR count). The van der Waals surface area contributed by atoms with Crippen LogP contribution in [0.2, 0.25) is 0 Å². The lowest BCUT2D eigenvalue weighted by atomic mass is 10.4. The molecule has 40 valence electrons. The number of allylic oxidation sites excluding steroid dienone is 1. The summed E-state index contributed by atoms with van der Waals surface area (Å²) < 4.78 is 0. The molecule has 0 amide bonds. The lowest BCUT2D eigenvalue weighted by molar-refractivity contribution is -0.279. The molecule has 3 heteroatoms. The predicted octanol–water partition coefficient (Wildman–Crippen LogP) is -0.665. The first-order chi connectivity index (χ1) is 3.31. The average Bonchev–Trinajstić information content (AvgIpc) is 1.68. The standard InChI is InChI=1S/C4H6O3/c5-2-1-4(7)3-6/h2-3,6-7H,1H2/p-1. The van der Waals surface area contributed by atoms with E-state index in [-0.39, 0.29) is 12.7 Å². The molecular formula is C4H5O3-. The van der Waals surface area contributed by atoms with Crippen molar-refractivity contribution in [2.45, 2.75) is 6.42 Å². The van der Waals surface area contributed by atoms with Gasteiger partial charge < -0.3 is 15.0 Å². The first-order valence-electron chi connectivity index (χ1n) is 1.75. The zero-order valence-corrected chi connectivity index (χ0v) is 3.63. The Morgan fingerprint density at radius 2 is 2.43 bits per heavy atom. The van der Waals surface area contributed by atoms with Gasteiger partial charge in [-0.25, -0.2) is 0 Å². The van der Waals surface area contributed by atoms with E-state index in [0.29, 0.717) is 6.29 Å².